The van der Waals surface area contributed by atoms with Crippen molar-refractivity contribution in [3.05, 3.63) is 77.1 Å². The molecular formula is C43H57N9O6. The average Bonchev–Trinajstić information content (AvgIpc) is 3.15. The molecule has 310 valence electrons. The monoisotopic (exact) mass is 795 g/mol. The highest BCUT2D eigenvalue weighted by atomic mass is 16.6. The molecule has 0 radical (unpaired) electrons. The molecular weight excluding hydrogens is 739 g/mol. The fourth-order valence-corrected chi connectivity index (χ4v) is 7.02. The Labute approximate surface area is 340 Å². The molecule has 0 spiro atoms. The number of ether oxygens (including phenoxy) is 2. The number of nitrogens with two attached hydrogens (primary N) is 2. The van der Waals surface area contributed by atoms with E-state index in [0.717, 1.165) is 36.9 Å². The van der Waals surface area contributed by atoms with Crippen LogP contribution in [0.5, 0.6) is 0 Å². The largest absolute Gasteiger partial charge is 0.460 e. The second-order valence-electron chi connectivity index (χ2n) is 16.9. The topological polar surface area (TPSA) is 218 Å². The van der Waals surface area contributed by atoms with E-state index in [9.17, 15) is 19.2 Å². The molecule has 1 aliphatic carbocycles. The Hall–Kier alpha value is -5.86. The Balaban J connectivity index is 1.33. The second-order valence-corrected chi connectivity index (χ2v) is 16.9. The lowest BCUT2D eigenvalue weighted by Crippen LogP contribution is -2.53. The standard InChI is InChI=1S/C43H57N9O6/c1-42(2,3)57-34(53)22-21-32(39(55)49-33(40(56)58-43(4,5)6)23-28-15-11-12-16-31(28)26-13-9-8-10-14-26)48-38(54)27-17-19-30(20-18-27)52(7)25-29-24-46-37-35(47-29)36(44)50-41(45)51-37/h11-12,15-20,24,26,32-33H,8-10,13-14,21-23,25H2,1-7H3,(H,48,54)(H,49,55)(H4,44,45,46,50,51)/t32-,33-/m0/s1. The normalized spacial score (nSPS) is 14.6. The number of nitrogens with one attached hydrogen (secondary N) is 2. The number of anilines is 3. The Morgan fingerprint density at radius 2 is 1.52 bits per heavy atom. The van der Waals surface area contributed by atoms with Crippen LogP contribution in [0.3, 0.4) is 0 Å². The van der Waals surface area contributed by atoms with Gasteiger partial charge in [-0.05, 0) is 102 Å². The molecule has 5 rings (SSSR count). The molecule has 58 heavy (non-hydrogen) atoms. The van der Waals surface area contributed by atoms with Crippen LogP contribution in [0, 0.1) is 0 Å². The van der Waals surface area contributed by atoms with Crippen molar-refractivity contribution in [2.75, 3.05) is 23.4 Å². The van der Waals surface area contributed by atoms with Crippen LogP contribution in [0.25, 0.3) is 11.2 Å². The summed E-state index contributed by atoms with van der Waals surface area (Å²) in [5.74, 6) is -1.75. The van der Waals surface area contributed by atoms with Crippen LogP contribution in [0.4, 0.5) is 17.5 Å². The number of hydrogen-bond acceptors (Lipinski definition) is 13. The van der Waals surface area contributed by atoms with Crippen molar-refractivity contribution in [3.8, 4) is 0 Å². The van der Waals surface area contributed by atoms with E-state index in [4.69, 9.17) is 20.9 Å². The van der Waals surface area contributed by atoms with Crippen LogP contribution >= 0.6 is 0 Å². The summed E-state index contributed by atoms with van der Waals surface area (Å²) in [6.45, 7) is 10.9. The molecule has 0 bridgehead atoms. The van der Waals surface area contributed by atoms with Crippen LogP contribution in [0.2, 0.25) is 0 Å². The van der Waals surface area contributed by atoms with Gasteiger partial charge in [-0.15, -0.1) is 0 Å². The fraction of sp³-hybridized carbons (Fsp3) is 0.488. The third-order valence-electron chi connectivity index (χ3n) is 9.68. The Morgan fingerprint density at radius 3 is 2.19 bits per heavy atom. The smallest absolute Gasteiger partial charge is 0.329 e. The predicted molar refractivity (Wildman–Crippen MR) is 223 cm³/mol. The van der Waals surface area contributed by atoms with E-state index in [1.54, 1.807) is 72.0 Å². The molecule has 2 amide bonds. The van der Waals surface area contributed by atoms with Crippen molar-refractivity contribution < 1.29 is 28.7 Å². The van der Waals surface area contributed by atoms with Gasteiger partial charge < -0.3 is 36.5 Å². The van der Waals surface area contributed by atoms with Gasteiger partial charge in [0, 0.05) is 31.1 Å². The van der Waals surface area contributed by atoms with E-state index in [1.165, 1.54) is 12.0 Å². The number of carbonyl (C=O) groups is 4. The first-order chi connectivity index (χ1) is 27.3. The van der Waals surface area contributed by atoms with Crippen LogP contribution in [0.1, 0.15) is 120 Å². The number of esters is 2. The first kappa shape index (κ1) is 43.3. The SMILES string of the molecule is CN(Cc1cnc2nc(N)nc(N)c2n1)c1ccc(C(=O)N[C@@H](CCC(=O)OC(C)(C)C)C(=O)N[C@@H](Cc2ccccc2C2CCCCC2)C(=O)OC(C)(C)C)cc1. The van der Waals surface area contributed by atoms with E-state index < -0.39 is 47.0 Å². The zero-order chi connectivity index (χ0) is 42.2. The summed E-state index contributed by atoms with van der Waals surface area (Å²) in [5, 5.41) is 5.70. The molecule has 1 aliphatic rings. The van der Waals surface area contributed by atoms with E-state index in [-0.39, 0.29) is 36.6 Å². The van der Waals surface area contributed by atoms with Gasteiger partial charge >= 0.3 is 11.9 Å². The fourth-order valence-electron chi connectivity index (χ4n) is 7.02. The summed E-state index contributed by atoms with van der Waals surface area (Å²) in [5.41, 5.74) is 14.6. The summed E-state index contributed by atoms with van der Waals surface area (Å²) < 4.78 is 11.3. The van der Waals surface area contributed by atoms with Gasteiger partial charge in [-0.25, -0.2) is 14.8 Å². The molecule has 2 heterocycles. The van der Waals surface area contributed by atoms with Crippen molar-refractivity contribution >= 4 is 52.4 Å². The molecule has 1 saturated carbocycles. The predicted octanol–water partition coefficient (Wildman–Crippen LogP) is 5.56. The summed E-state index contributed by atoms with van der Waals surface area (Å²) in [6, 6.07) is 12.6. The van der Waals surface area contributed by atoms with Gasteiger partial charge in [-0.3, -0.25) is 14.4 Å². The van der Waals surface area contributed by atoms with Crippen molar-refractivity contribution in [2.24, 2.45) is 0 Å². The summed E-state index contributed by atoms with van der Waals surface area (Å²) in [7, 11) is 1.86. The highest BCUT2D eigenvalue weighted by molar-refractivity contribution is 5.98. The quantitative estimate of drug-likeness (QED) is 0.115. The second kappa shape index (κ2) is 18.6. The summed E-state index contributed by atoms with van der Waals surface area (Å²) in [6.07, 6.45) is 7.20. The van der Waals surface area contributed by atoms with E-state index in [0.29, 0.717) is 29.3 Å². The van der Waals surface area contributed by atoms with Crippen molar-refractivity contribution in [2.45, 2.75) is 129 Å². The summed E-state index contributed by atoms with van der Waals surface area (Å²) in [4.78, 5) is 73.3. The van der Waals surface area contributed by atoms with E-state index in [2.05, 4.69) is 36.6 Å². The van der Waals surface area contributed by atoms with Gasteiger partial charge in [0.1, 0.15) is 23.3 Å². The van der Waals surface area contributed by atoms with Gasteiger partial charge in [0.15, 0.2) is 17.0 Å². The van der Waals surface area contributed by atoms with E-state index >= 15 is 0 Å². The average molecular weight is 796 g/mol. The number of carbonyl (C=O) groups excluding carboxylic acids is 4. The van der Waals surface area contributed by atoms with Crippen molar-refractivity contribution in [1.29, 1.82) is 0 Å². The molecule has 1 fully saturated rings. The van der Waals surface area contributed by atoms with Gasteiger partial charge in [0.25, 0.3) is 5.91 Å². The molecule has 2 aromatic heterocycles. The number of rotatable bonds is 14. The maximum absolute atomic E-state index is 14.2. The third kappa shape index (κ3) is 12.3. The molecule has 15 heteroatoms. The number of amides is 2. The molecule has 0 aliphatic heterocycles. The maximum Gasteiger partial charge on any atom is 0.329 e. The van der Waals surface area contributed by atoms with E-state index in [1.807, 2.05) is 30.1 Å². The minimum Gasteiger partial charge on any atom is -0.460 e. The molecule has 0 saturated heterocycles. The number of nitrogen functional groups attached to an aromatic ring is 2. The lowest BCUT2D eigenvalue weighted by molar-refractivity contribution is -0.159. The molecule has 2 aromatic carbocycles. The maximum atomic E-state index is 14.2. The van der Waals surface area contributed by atoms with Crippen LogP contribution in [0.15, 0.2) is 54.7 Å². The van der Waals surface area contributed by atoms with Crippen LogP contribution < -0.4 is 27.0 Å². The first-order valence-corrected chi connectivity index (χ1v) is 19.8. The molecule has 4 aromatic rings. The van der Waals surface area contributed by atoms with Crippen LogP contribution in [-0.2, 0) is 36.8 Å². The lowest BCUT2D eigenvalue weighted by atomic mass is 9.81. The molecule has 6 N–H and O–H groups in total. The van der Waals surface area contributed by atoms with Crippen molar-refractivity contribution in [3.63, 3.8) is 0 Å². The zero-order valence-electron chi connectivity index (χ0n) is 34.6. The molecule has 2 atom stereocenters. The molecule has 15 nitrogen and oxygen atoms in total. The molecule has 0 unspecified atom stereocenters. The van der Waals surface area contributed by atoms with Gasteiger partial charge in [-0.1, -0.05) is 43.5 Å². The van der Waals surface area contributed by atoms with Gasteiger partial charge in [0.2, 0.25) is 11.9 Å². The number of benzene rings is 2. The number of nitrogens with zero attached hydrogens (tertiary/aromatic N) is 5. The third-order valence-corrected chi connectivity index (χ3v) is 9.68. The Morgan fingerprint density at radius 1 is 0.845 bits per heavy atom. The van der Waals surface area contributed by atoms with Gasteiger partial charge in [0.05, 0.1) is 18.4 Å². The number of fused-ring (bicyclic) bond motifs is 1. The van der Waals surface area contributed by atoms with Gasteiger partial charge in [-0.2, -0.15) is 9.97 Å². The van der Waals surface area contributed by atoms with Crippen molar-refractivity contribution in [1.82, 2.24) is 30.6 Å². The minimum absolute atomic E-state index is 0.0134. The summed E-state index contributed by atoms with van der Waals surface area (Å²) >= 11 is 0. The Kier molecular flexibility index (Phi) is 13.9. The lowest BCUT2D eigenvalue weighted by Gasteiger charge is -2.28. The zero-order valence-corrected chi connectivity index (χ0v) is 34.6. The number of aromatic nitrogens is 4. The highest BCUT2D eigenvalue weighted by Gasteiger charge is 2.32. The van der Waals surface area contributed by atoms with Crippen LogP contribution in [-0.4, -0.2) is 74.0 Å². The minimum atomic E-state index is -1.18. The number of hydrogen-bond donors (Lipinski definition) is 4. The highest BCUT2D eigenvalue weighted by Crippen LogP contribution is 2.35. The Bertz CT molecular complexity index is 2090. The first-order valence-electron chi connectivity index (χ1n) is 19.8.